The number of hydrogen-bond acceptors (Lipinski definition) is 5. The van der Waals surface area contributed by atoms with E-state index < -0.39 is 0 Å². The number of aromatic nitrogens is 3. The van der Waals surface area contributed by atoms with Crippen molar-refractivity contribution >= 4 is 33.4 Å². The smallest absolute Gasteiger partial charge is 0.225 e. The summed E-state index contributed by atoms with van der Waals surface area (Å²) < 4.78 is 14.3. The molecule has 138 valence electrons. The van der Waals surface area contributed by atoms with Gasteiger partial charge in [-0.15, -0.1) is 0 Å². The minimum absolute atomic E-state index is 0.330. The summed E-state index contributed by atoms with van der Waals surface area (Å²) in [5.74, 6) is 0.821. The predicted octanol–water partition coefficient (Wildman–Crippen LogP) is 5.54. The van der Waals surface area contributed by atoms with Gasteiger partial charge < -0.3 is 10.6 Å². The second kappa shape index (κ2) is 8.00. The Hall–Kier alpha value is -2.54. The van der Waals surface area contributed by atoms with E-state index in [1.165, 1.54) is 18.9 Å². The van der Waals surface area contributed by atoms with Gasteiger partial charge in [0.25, 0.3) is 0 Å². The van der Waals surface area contributed by atoms with Gasteiger partial charge >= 0.3 is 0 Å². The maximum Gasteiger partial charge on any atom is 0.225 e. The average molecular weight is 428 g/mol. The van der Waals surface area contributed by atoms with Crippen LogP contribution < -0.4 is 10.6 Å². The van der Waals surface area contributed by atoms with E-state index in [4.69, 9.17) is 0 Å². The van der Waals surface area contributed by atoms with E-state index >= 15 is 0 Å². The number of hydrogen-bond donors (Lipinski definition) is 2. The second-order valence-corrected chi connectivity index (χ2v) is 7.41. The van der Waals surface area contributed by atoms with Gasteiger partial charge in [0.1, 0.15) is 11.6 Å². The summed E-state index contributed by atoms with van der Waals surface area (Å²) in [6.07, 6.45) is 6.43. The molecule has 2 heterocycles. The van der Waals surface area contributed by atoms with Gasteiger partial charge in [-0.1, -0.05) is 18.9 Å². The molecule has 1 aliphatic rings. The van der Waals surface area contributed by atoms with Crippen LogP contribution in [0.3, 0.4) is 0 Å². The molecule has 0 spiro atoms. The van der Waals surface area contributed by atoms with Crippen LogP contribution in [0.25, 0.3) is 11.4 Å². The third kappa shape index (κ3) is 4.42. The van der Waals surface area contributed by atoms with Gasteiger partial charge in [0, 0.05) is 24.0 Å². The molecule has 0 bridgehead atoms. The van der Waals surface area contributed by atoms with Gasteiger partial charge in [-0.3, -0.25) is 4.98 Å². The number of pyridine rings is 1. The number of anilines is 3. The number of nitrogens with one attached hydrogen (secondary N) is 2. The first-order valence-corrected chi connectivity index (χ1v) is 9.76. The van der Waals surface area contributed by atoms with Crippen molar-refractivity contribution in [1.82, 2.24) is 15.0 Å². The highest BCUT2D eigenvalue weighted by atomic mass is 79.9. The third-order valence-electron chi connectivity index (χ3n) is 4.53. The summed E-state index contributed by atoms with van der Waals surface area (Å²) in [4.78, 5) is 13.6. The second-order valence-electron chi connectivity index (χ2n) is 6.56. The van der Waals surface area contributed by atoms with Crippen molar-refractivity contribution in [3.63, 3.8) is 0 Å². The lowest BCUT2D eigenvalue weighted by molar-refractivity contribution is 0.622. The molecule has 1 aliphatic carbocycles. The van der Waals surface area contributed by atoms with Crippen molar-refractivity contribution in [2.24, 2.45) is 0 Å². The standard InChI is InChI=1S/C20H19BrFN5/c21-15-9-8-14(11-16(15)22)24-19-12-18(17-7-3-4-10-23-17)26-20(27-19)25-13-5-1-2-6-13/h3-4,7-13H,1-2,5-6H2,(H2,24,25,26,27). The molecular formula is C20H19BrFN5. The third-order valence-corrected chi connectivity index (χ3v) is 5.18. The lowest BCUT2D eigenvalue weighted by Crippen LogP contribution is -2.17. The molecule has 1 saturated carbocycles. The molecule has 27 heavy (non-hydrogen) atoms. The molecule has 3 aromatic rings. The quantitative estimate of drug-likeness (QED) is 0.559. The Labute approximate surface area is 165 Å². The molecule has 1 aromatic carbocycles. The fourth-order valence-corrected chi connectivity index (χ4v) is 3.44. The van der Waals surface area contributed by atoms with Gasteiger partial charge in [-0.2, -0.15) is 4.98 Å². The molecule has 0 amide bonds. The maximum atomic E-state index is 13.8. The van der Waals surface area contributed by atoms with E-state index in [0.29, 0.717) is 33.7 Å². The van der Waals surface area contributed by atoms with Crippen molar-refractivity contribution in [2.75, 3.05) is 10.6 Å². The monoisotopic (exact) mass is 427 g/mol. The van der Waals surface area contributed by atoms with Crippen LogP contribution in [0.4, 0.5) is 21.8 Å². The van der Waals surface area contributed by atoms with E-state index in [9.17, 15) is 4.39 Å². The van der Waals surface area contributed by atoms with E-state index in [1.807, 2.05) is 24.3 Å². The van der Waals surface area contributed by atoms with Gasteiger partial charge in [0.2, 0.25) is 5.95 Å². The molecule has 0 saturated heterocycles. The van der Waals surface area contributed by atoms with Gasteiger partial charge in [0.05, 0.1) is 15.9 Å². The number of rotatable bonds is 5. The van der Waals surface area contributed by atoms with Crippen LogP contribution in [0.15, 0.2) is 53.1 Å². The zero-order valence-corrected chi connectivity index (χ0v) is 16.2. The molecule has 0 atom stereocenters. The molecule has 2 aromatic heterocycles. The Morgan fingerprint density at radius 2 is 1.85 bits per heavy atom. The Bertz CT molecular complexity index is 929. The zero-order chi connectivity index (χ0) is 18.6. The lowest BCUT2D eigenvalue weighted by Gasteiger charge is -2.15. The molecule has 5 nitrogen and oxygen atoms in total. The van der Waals surface area contributed by atoms with Crippen LogP contribution in [0.2, 0.25) is 0 Å². The average Bonchev–Trinajstić information content (AvgIpc) is 3.18. The Balaban J connectivity index is 1.67. The van der Waals surface area contributed by atoms with Crippen molar-refractivity contribution in [3.05, 3.63) is 59.0 Å². The fourth-order valence-electron chi connectivity index (χ4n) is 3.20. The van der Waals surface area contributed by atoms with E-state index in [2.05, 4.69) is 41.5 Å². The summed E-state index contributed by atoms with van der Waals surface area (Å²) in [6, 6.07) is 12.8. The van der Waals surface area contributed by atoms with Crippen molar-refractivity contribution in [1.29, 1.82) is 0 Å². The summed E-state index contributed by atoms with van der Waals surface area (Å²) >= 11 is 3.17. The first-order chi connectivity index (χ1) is 13.2. The Morgan fingerprint density at radius 1 is 1.00 bits per heavy atom. The minimum Gasteiger partial charge on any atom is -0.351 e. The largest absolute Gasteiger partial charge is 0.351 e. The predicted molar refractivity (Wildman–Crippen MR) is 109 cm³/mol. The summed E-state index contributed by atoms with van der Waals surface area (Å²) in [5.41, 5.74) is 2.10. The van der Waals surface area contributed by atoms with E-state index in [1.54, 1.807) is 18.3 Å². The Morgan fingerprint density at radius 3 is 2.59 bits per heavy atom. The summed E-state index contributed by atoms with van der Waals surface area (Å²) in [7, 11) is 0. The first kappa shape index (κ1) is 17.9. The first-order valence-electron chi connectivity index (χ1n) is 8.96. The zero-order valence-electron chi connectivity index (χ0n) is 14.6. The molecule has 0 radical (unpaired) electrons. The van der Waals surface area contributed by atoms with Crippen LogP contribution in [0.1, 0.15) is 25.7 Å². The molecule has 4 rings (SSSR count). The topological polar surface area (TPSA) is 62.7 Å². The minimum atomic E-state index is -0.330. The molecule has 0 aliphatic heterocycles. The van der Waals surface area contributed by atoms with E-state index in [0.717, 1.165) is 18.5 Å². The molecular weight excluding hydrogens is 409 g/mol. The number of halogens is 2. The van der Waals surface area contributed by atoms with Crippen molar-refractivity contribution in [3.8, 4) is 11.4 Å². The van der Waals surface area contributed by atoms with Crippen LogP contribution in [-0.2, 0) is 0 Å². The molecule has 7 heteroatoms. The van der Waals surface area contributed by atoms with Crippen LogP contribution >= 0.6 is 15.9 Å². The summed E-state index contributed by atoms with van der Waals surface area (Å²) in [6.45, 7) is 0. The van der Waals surface area contributed by atoms with E-state index in [-0.39, 0.29) is 5.82 Å². The number of benzene rings is 1. The highest BCUT2D eigenvalue weighted by molar-refractivity contribution is 9.10. The highest BCUT2D eigenvalue weighted by Crippen LogP contribution is 2.26. The van der Waals surface area contributed by atoms with Crippen LogP contribution in [0.5, 0.6) is 0 Å². The molecule has 2 N–H and O–H groups in total. The van der Waals surface area contributed by atoms with Crippen molar-refractivity contribution < 1.29 is 4.39 Å². The maximum absolute atomic E-state index is 13.8. The highest BCUT2D eigenvalue weighted by Gasteiger charge is 2.17. The normalized spacial score (nSPS) is 14.3. The van der Waals surface area contributed by atoms with Crippen LogP contribution in [0, 0.1) is 5.82 Å². The van der Waals surface area contributed by atoms with Gasteiger partial charge in [0.15, 0.2) is 0 Å². The Kier molecular flexibility index (Phi) is 5.29. The lowest BCUT2D eigenvalue weighted by atomic mass is 10.2. The van der Waals surface area contributed by atoms with Crippen molar-refractivity contribution in [2.45, 2.75) is 31.7 Å². The van der Waals surface area contributed by atoms with Gasteiger partial charge in [-0.25, -0.2) is 9.37 Å². The molecule has 0 unspecified atom stereocenters. The van der Waals surface area contributed by atoms with Crippen LogP contribution in [-0.4, -0.2) is 21.0 Å². The SMILES string of the molecule is Fc1cc(Nc2cc(-c3ccccn3)nc(NC3CCCC3)n2)ccc1Br. The number of nitrogens with zero attached hydrogens (tertiary/aromatic N) is 3. The van der Waals surface area contributed by atoms with Gasteiger partial charge in [-0.05, 0) is 59.1 Å². The molecule has 1 fully saturated rings. The summed E-state index contributed by atoms with van der Waals surface area (Å²) in [5, 5.41) is 6.59. The fraction of sp³-hybridized carbons (Fsp3) is 0.250.